The van der Waals surface area contributed by atoms with Gasteiger partial charge in [0.05, 0.1) is 10.6 Å². The van der Waals surface area contributed by atoms with Crippen molar-refractivity contribution in [3.8, 4) is 0 Å². The summed E-state index contributed by atoms with van der Waals surface area (Å²) in [5.41, 5.74) is 7.01. The number of benzene rings is 1. The Morgan fingerprint density at radius 2 is 1.74 bits per heavy atom. The van der Waals surface area contributed by atoms with Crippen LogP contribution in [0.1, 0.15) is 11.1 Å². The van der Waals surface area contributed by atoms with Gasteiger partial charge in [-0.25, -0.2) is 26.7 Å². The average molecular weight is 307 g/mol. The van der Waals surface area contributed by atoms with Gasteiger partial charge in [0.25, 0.3) is 0 Å². The Morgan fingerprint density at radius 1 is 1.16 bits per heavy atom. The fourth-order valence-corrected chi connectivity index (χ4v) is 3.69. The summed E-state index contributed by atoms with van der Waals surface area (Å²) in [5, 5.41) is 4.80. The van der Waals surface area contributed by atoms with Gasteiger partial charge in [-0.3, -0.25) is 0 Å². The normalized spacial score (nSPS) is 12.6. The van der Waals surface area contributed by atoms with Crippen LogP contribution in [0.3, 0.4) is 0 Å². The van der Waals surface area contributed by atoms with Crippen molar-refractivity contribution in [2.24, 2.45) is 5.14 Å². The van der Waals surface area contributed by atoms with Crippen LogP contribution in [0.2, 0.25) is 0 Å². The van der Waals surface area contributed by atoms with Crippen LogP contribution >= 0.6 is 0 Å². The molecular weight excluding hydrogens is 290 g/mol. The minimum Gasteiger partial charge on any atom is -0.398 e. The highest BCUT2D eigenvalue weighted by atomic mass is 32.2. The highest BCUT2D eigenvalue weighted by Crippen LogP contribution is 2.24. The highest BCUT2D eigenvalue weighted by molar-refractivity contribution is 7.90. The smallest absolute Gasteiger partial charge is 0.241 e. The van der Waals surface area contributed by atoms with Crippen molar-refractivity contribution in [2.45, 2.75) is 18.7 Å². The van der Waals surface area contributed by atoms with Gasteiger partial charge in [0.2, 0.25) is 20.0 Å². The summed E-state index contributed by atoms with van der Waals surface area (Å²) in [4.78, 5) is 0.0712. The zero-order valence-electron chi connectivity index (χ0n) is 10.7. The van der Waals surface area contributed by atoms with E-state index in [9.17, 15) is 16.8 Å². The van der Waals surface area contributed by atoms with Crippen LogP contribution in [0.5, 0.6) is 0 Å². The first-order valence-corrected chi connectivity index (χ1v) is 8.60. The summed E-state index contributed by atoms with van der Waals surface area (Å²) in [6.07, 6.45) is 0. The molecule has 19 heavy (non-hydrogen) atoms. The Balaban J connectivity index is 3.05. The maximum Gasteiger partial charge on any atom is 0.241 e. The molecule has 108 valence electrons. The number of sulfonamides is 2. The summed E-state index contributed by atoms with van der Waals surface area (Å²) in [6, 6.07) is 3.21. The molecule has 1 rings (SSSR count). The van der Waals surface area contributed by atoms with Crippen LogP contribution in [0.4, 0.5) is 5.69 Å². The quantitative estimate of drug-likeness (QED) is 0.628. The molecule has 0 amide bonds. The number of nitrogens with one attached hydrogen (secondary N) is 1. The standard InChI is InChI=1S/C10H17N3O4S2/c1-7-3-4-9(11)8(2)10(7)19(16,17)13-5-6-18(12,14)15/h3-4,13H,5-6,11H2,1-2H3,(H2,12,14,15). The fourth-order valence-electron chi connectivity index (χ4n) is 1.65. The number of aryl methyl sites for hydroxylation is 1. The van der Waals surface area contributed by atoms with Crippen molar-refractivity contribution in [1.82, 2.24) is 4.72 Å². The topological polar surface area (TPSA) is 132 Å². The van der Waals surface area contributed by atoms with Crippen LogP contribution in [0.15, 0.2) is 17.0 Å². The van der Waals surface area contributed by atoms with E-state index in [1.165, 1.54) is 0 Å². The minimum atomic E-state index is -3.82. The molecule has 0 saturated heterocycles. The monoisotopic (exact) mass is 307 g/mol. The Hall–Kier alpha value is -1.16. The van der Waals surface area contributed by atoms with Gasteiger partial charge < -0.3 is 5.73 Å². The summed E-state index contributed by atoms with van der Waals surface area (Å²) in [6.45, 7) is 2.95. The van der Waals surface area contributed by atoms with Crippen molar-refractivity contribution in [1.29, 1.82) is 0 Å². The highest BCUT2D eigenvalue weighted by Gasteiger charge is 2.20. The van der Waals surface area contributed by atoms with E-state index in [-0.39, 0.29) is 11.4 Å². The molecule has 0 aromatic heterocycles. The average Bonchev–Trinajstić information content (AvgIpc) is 2.21. The van der Waals surface area contributed by atoms with Gasteiger partial charge in [-0.15, -0.1) is 0 Å². The van der Waals surface area contributed by atoms with Crippen molar-refractivity contribution in [2.75, 3.05) is 18.0 Å². The van der Waals surface area contributed by atoms with Crippen LogP contribution in [-0.4, -0.2) is 29.1 Å². The Labute approximate surface area is 113 Å². The van der Waals surface area contributed by atoms with E-state index in [4.69, 9.17) is 10.9 Å². The minimum absolute atomic E-state index is 0.0712. The molecule has 1 aromatic carbocycles. The van der Waals surface area contributed by atoms with Crippen molar-refractivity contribution >= 4 is 25.7 Å². The van der Waals surface area contributed by atoms with E-state index in [2.05, 4.69) is 4.72 Å². The van der Waals surface area contributed by atoms with Gasteiger partial charge in [-0.1, -0.05) is 6.07 Å². The van der Waals surface area contributed by atoms with Crippen LogP contribution in [-0.2, 0) is 20.0 Å². The molecule has 9 heteroatoms. The van der Waals surface area contributed by atoms with E-state index in [1.807, 2.05) is 0 Å². The number of rotatable bonds is 5. The van der Waals surface area contributed by atoms with Crippen molar-refractivity contribution in [3.63, 3.8) is 0 Å². The largest absolute Gasteiger partial charge is 0.398 e. The molecule has 1 aromatic rings. The first kappa shape index (κ1) is 15.9. The maximum absolute atomic E-state index is 12.1. The molecule has 0 bridgehead atoms. The summed E-state index contributed by atoms with van der Waals surface area (Å²) in [5.74, 6) is -0.466. The number of anilines is 1. The Bertz CT molecular complexity index is 681. The van der Waals surface area contributed by atoms with Gasteiger partial charge in [0.1, 0.15) is 0 Å². The van der Waals surface area contributed by atoms with E-state index in [0.29, 0.717) is 16.8 Å². The second-order valence-corrected chi connectivity index (χ2v) is 7.63. The molecule has 0 radical (unpaired) electrons. The lowest BCUT2D eigenvalue weighted by Crippen LogP contribution is -2.32. The molecular formula is C10H17N3O4S2. The Morgan fingerprint density at radius 3 is 2.26 bits per heavy atom. The summed E-state index contributed by atoms with van der Waals surface area (Å²) >= 11 is 0. The first-order chi connectivity index (χ1) is 8.54. The van der Waals surface area contributed by atoms with E-state index in [1.54, 1.807) is 26.0 Å². The summed E-state index contributed by atoms with van der Waals surface area (Å²) < 4.78 is 47.9. The molecule has 0 atom stereocenters. The number of hydrogen-bond acceptors (Lipinski definition) is 5. The number of nitrogens with two attached hydrogens (primary N) is 2. The van der Waals surface area contributed by atoms with Crippen molar-refractivity contribution < 1.29 is 16.8 Å². The molecule has 0 spiro atoms. The zero-order chi connectivity index (χ0) is 14.8. The molecule has 7 nitrogen and oxygen atoms in total. The predicted molar refractivity (Wildman–Crippen MR) is 73.5 cm³/mol. The van der Waals surface area contributed by atoms with Gasteiger partial charge >= 0.3 is 0 Å². The molecule has 0 aliphatic carbocycles. The molecule has 0 saturated carbocycles. The van der Waals surface area contributed by atoms with Crippen molar-refractivity contribution in [3.05, 3.63) is 23.3 Å². The van der Waals surface area contributed by atoms with Crippen LogP contribution in [0.25, 0.3) is 0 Å². The first-order valence-electron chi connectivity index (χ1n) is 5.40. The zero-order valence-corrected chi connectivity index (χ0v) is 12.3. The third-order valence-electron chi connectivity index (χ3n) is 2.59. The third kappa shape index (κ3) is 4.16. The summed E-state index contributed by atoms with van der Waals surface area (Å²) in [7, 11) is -7.53. The molecule has 0 heterocycles. The van der Waals surface area contributed by atoms with Gasteiger partial charge in [0.15, 0.2) is 0 Å². The van der Waals surface area contributed by atoms with E-state index in [0.717, 1.165) is 0 Å². The second-order valence-electron chi connectivity index (χ2n) is 4.19. The molecule has 5 N–H and O–H groups in total. The van der Waals surface area contributed by atoms with E-state index >= 15 is 0 Å². The number of hydrogen-bond donors (Lipinski definition) is 3. The van der Waals surface area contributed by atoms with Gasteiger partial charge in [0, 0.05) is 12.2 Å². The fraction of sp³-hybridized carbons (Fsp3) is 0.400. The van der Waals surface area contributed by atoms with Gasteiger partial charge in [-0.05, 0) is 31.0 Å². The predicted octanol–water partition coefficient (Wildman–Crippen LogP) is -0.548. The van der Waals surface area contributed by atoms with Gasteiger partial charge in [-0.2, -0.15) is 0 Å². The molecule has 0 aliphatic heterocycles. The lowest BCUT2D eigenvalue weighted by molar-refractivity contribution is 0.580. The molecule has 0 fully saturated rings. The lowest BCUT2D eigenvalue weighted by Gasteiger charge is -2.13. The van der Waals surface area contributed by atoms with E-state index < -0.39 is 25.8 Å². The van der Waals surface area contributed by atoms with Crippen LogP contribution in [0, 0.1) is 13.8 Å². The third-order valence-corrected chi connectivity index (χ3v) is 5.11. The SMILES string of the molecule is Cc1ccc(N)c(C)c1S(=O)(=O)NCCS(N)(=O)=O. The second kappa shape index (κ2) is 5.45. The maximum atomic E-state index is 12.1. The molecule has 0 unspecified atom stereocenters. The van der Waals surface area contributed by atoms with Crippen LogP contribution < -0.4 is 15.6 Å². The Kier molecular flexibility index (Phi) is 4.56. The number of primary sulfonamides is 1. The number of nitrogen functional groups attached to an aromatic ring is 1. The molecule has 0 aliphatic rings. The lowest BCUT2D eigenvalue weighted by atomic mass is 10.1.